The van der Waals surface area contributed by atoms with Gasteiger partial charge < -0.3 is 10.1 Å². The van der Waals surface area contributed by atoms with Crippen molar-refractivity contribution in [1.29, 1.82) is 0 Å². The molecule has 7 heteroatoms. The maximum absolute atomic E-state index is 13.1. The normalized spacial score (nSPS) is 11.2. The Morgan fingerprint density at radius 1 is 0.897 bits per heavy atom. The molecule has 150 valence electrons. The minimum Gasteiger partial charge on any atom is -0.497 e. The molecule has 0 heterocycles. The lowest BCUT2D eigenvalue weighted by molar-refractivity contribution is -0.116. The van der Waals surface area contributed by atoms with Gasteiger partial charge in [-0.2, -0.15) is 4.31 Å². The Morgan fingerprint density at radius 2 is 1.48 bits per heavy atom. The molecule has 1 N–H and O–H groups in total. The molecule has 0 radical (unpaired) electrons. The molecule has 3 aromatic carbocycles. The SMILES string of the molecule is COc1ccc(NC(=O)CN(Cc2ccccc2)S(=O)(=O)c2ccccc2)cc1. The standard InChI is InChI=1S/C22H22N2O4S/c1-28-20-14-12-19(13-15-20)23-22(25)17-24(16-18-8-4-2-5-9-18)29(26,27)21-10-6-3-7-11-21/h2-15H,16-17H2,1H3,(H,23,25). The van der Waals surface area contributed by atoms with E-state index in [1.807, 2.05) is 30.3 Å². The van der Waals surface area contributed by atoms with Gasteiger partial charge in [0.2, 0.25) is 15.9 Å². The number of carbonyl (C=O) groups is 1. The van der Waals surface area contributed by atoms with E-state index >= 15 is 0 Å². The zero-order valence-corrected chi connectivity index (χ0v) is 16.8. The van der Waals surface area contributed by atoms with Crippen molar-refractivity contribution in [3.05, 3.63) is 90.5 Å². The molecular weight excluding hydrogens is 388 g/mol. The number of hydrogen-bond acceptors (Lipinski definition) is 4. The zero-order valence-electron chi connectivity index (χ0n) is 16.0. The van der Waals surface area contributed by atoms with Crippen LogP contribution in [-0.4, -0.2) is 32.3 Å². The number of nitrogens with zero attached hydrogens (tertiary/aromatic N) is 1. The number of rotatable bonds is 8. The molecule has 0 bridgehead atoms. The van der Waals surface area contributed by atoms with Crippen molar-refractivity contribution >= 4 is 21.6 Å². The highest BCUT2D eigenvalue weighted by molar-refractivity contribution is 7.89. The Kier molecular flexibility index (Phi) is 6.64. The van der Waals surface area contributed by atoms with Crippen molar-refractivity contribution in [1.82, 2.24) is 4.31 Å². The molecule has 0 unspecified atom stereocenters. The predicted octanol–water partition coefficient (Wildman–Crippen LogP) is 3.52. The quantitative estimate of drug-likeness (QED) is 0.616. The van der Waals surface area contributed by atoms with Gasteiger partial charge >= 0.3 is 0 Å². The van der Waals surface area contributed by atoms with Gasteiger partial charge in [-0.1, -0.05) is 48.5 Å². The summed E-state index contributed by atoms with van der Waals surface area (Å²) < 4.78 is 32.6. The highest BCUT2D eigenvalue weighted by Gasteiger charge is 2.26. The van der Waals surface area contributed by atoms with Crippen LogP contribution in [0.15, 0.2) is 89.8 Å². The molecule has 0 atom stereocenters. The summed E-state index contributed by atoms with van der Waals surface area (Å²) in [5.74, 6) is 0.242. The predicted molar refractivity (Wildman–Crippen MR) is 112 cm³/mol. The number of hydrogen-bond donors (Lipinski definition) is 1. The number of ether oxygens (including phenoxy) is 1. The van der Waals surface area contributed by atoms with Crippen LogP contribution in [0.5, 0.6) is 5.75 Å². The Hall–Kier alpha value is -3.16. The van der Waals surface area contributed by atoms with Crippen molar-refractivity contribution in [2.75, 3.05) is 19.0 Å². The van der Waals surface area contributed by atoms with Crippen LogP contribution in [0.25, 0.3) is 0 Å². The first-order chi connectivity index (χ1) is 14.0. The third-order valence-corrected chi connectivity index (χ3v) is 6.08. The van der Waals surface area contributed by atoms with E-state index in [4.69, 9.17) is 4.74 Å². The fourth-order valence-corrected chi connectivity index (χ4v) is 4.19. The van der Waals surface area contributed by atoms with E-state index in [9.17, 15) is 13.2 Å². The number of methoxy groups -OCH3 is 1. The van der Waals surface area contributed by atoms with Crippen molar-refractivity contribution in [2.24, 2.45) is 0 Å². The van der Waals surface area contributed by atoms with Gasteiger partial charge in [0.05, 0.1) is 18.6 Å². The molecule has 0 saturated heterocycles. The minimum atomic E-state index is -3.84. The summed E-state index contributed by atoms with van der Waals surface area (Å²) in [4.78, 5) is 12.7. The maximum Gasteiger partial charge on any atom is 0.243 e. The summed E-state index contributed by atoms with van der Waals surface area (Å²) >= 11 is 0. The van der Waals surface area contributed by atoms with Crippen molar-refractivity contribution in [3.63, 3.8) is 0 Å². The van der Waals surface area contributed by atoms with Crippen LogP contribution in [0.4, 0.5) is 5.69 Å². The molecule has 1 amide bonds. The molecule has 0 aromatic heterocycles. The van der Waals surface area contributed by atoms with Crippen LogP contribution in [0.1, 0.15) is 5.56 Å². The number of sulfonamides is 1. The average Bonchev–Trinajstić information content (AvgIpc) is 2.75. The molecule has 0 saturated carbocycles. The average molecular weight is 410 g/mol. The molecule has 0 aliphatic carbocycles. The molecule has 0 spiro atoms. The molecular formula is C22H22N2O4S. The number of amides is 1. The summed E-state index contributed by atoms with van der Waals surface area (Å²) in [5, 5.41) is 2.73. The van der Waals surface area contributed by atoms with E-state index in [2.05, 4.69) is 5.32 Å². The third kappa shape index (κ3) is 5.43. The topological polar surface area (TPSA) is 75.7 Å². The van der Waals surface area contributed by atoms with Crippen molar-refractivity contribution < 1.29 is 17.9 Å². The summed E-state index contributed by atoms with van der Waals surface area (Å²) in [7, 11) is -2.29. The zero-order chi connectivity index (χ0) is 20.7. The van der Waals surface area contributed by atoms with Gasteiger partial charge in [-0.3, -0.25) is 4.79 Å². The number of nitrogens with one attached hydrogen (secondary N) is 1. The van der Waals surface area contributed by atoms with Crippen LogP contribution >= 0.6 is 0 Å². The molecule has 6 nitrogen and oxygen atoms in total. The van der Waals surface area contributed by atoms with E-state index in [0.29, 0.717) is 11.4 Å². The van der Waals surface area contributed by atoms with Gasteiger partial charge in [0.1, 0.15) is 5.75 Å². The minimum absolute atomic E-state index is 0.0914. The smallest absolute Gasteiger partial charge is 0.243 e. The lowest BCUT2D eigenvalue weighted by atomic mass is 10.2. The fourth-order valence-electron chi connectivity index (χ4n) is 2.79. The Morgan fingerprint density at radius 3 is 2.07 bits per heavy atom. The van der Waals surface area contributed by atoms with Crippen LogP contribution < -0.4 is 10.1 Å². The Balaban J connectivity index is 1.81. The van der Waals surface area contributed by atoms with Crippen LogP contribution in [0, 0.1) is 0 Å². The lowest BCUT2D eigenvalue weighted by Crippen LogP contribution is -2.37. The second-order valence-corrected chi connectivity index (χ2v) is 8.29. The first-order valence-electron chi connectivity index (χ1n) is 9.02. The molecule has 3 rings (SSSR count). The second-order valence-electron chi connectivity index (χ2n) is 6.35. The first-order valence-corrected chi connectivity index (χ1v) is 10.5. The van der Waals surface area contributed by atoms with Crippen LogP contribution in [0.3, 0.4) is 0 Å². The van der Waals surface area contributed by atoms with Gasteiger partial charge in [-0.15, -0.1) is 0 Å². The van der Waals surface area contributed by atoms with E-state index in [0.717, 1.165) is 5.56 Å². The molecule has 29 heavy (non-hydrogen) atoms. The fraction of sp³-hybridized carbons (Fsp3) is 0.136. The number of benzene rings is 3. The summed E-state index contributed by atoms with van der Waals surface area (Å²) in [6.45, 7) is -0.216. The highest BCUT2D eigenvalue weighted by atomic mass is 32.2. The summed E-state index contributed by atoms with van der Waals surface area (Å²) in [6, 6.07) is 24.1. The third-order valence-electron chi connectivity index (χ3n) is 4.28. The van der Waals surface area contributed by atoms with Gasteiger partial charge in [0.15, 0.2) is 0 Å². The Bertz CT molecular complexity index is 1040. The number of anilines is 1. The highest BCUT2D eigenvalue weighted by Crippen LogP contribution is 2.19. The van der Waals surface area contributed by atoms with E-state index in [-0.39, 0.29) is 18.0 Å². The molecule has 0 aliphatic heterocycles. The van der Waals surface area contributed by atoms with E-state index in [1.54, 1.807) is 49.6 Å². The molecule has 3 aromatic rings. The monoisotopic (exact) mass is 410 g/mol. The summed E-state index contributed by atoms with van der Waals surface area (Å²) in [5.41, 5.74) is 1.36. The largest absolute Gasteiger partial charge is 0.497 e. The second kappa shape index (κ2) is 9.36. The maximum atomic E-state index is 13.1. The van der Waals surface area contributed by atoms with E-state index in [1.165, 1.54) is 16.4 Å². The van der Waals surface area contributed by atoms with Gasteiger partial charge in [0.25, 0.3) is 0 Å². The van der Waals surface area contributed by atoms with Gasteiger partial charge in [-0.25, -0.2) is 8.42 Å². The van der Waals surface area contributed by atoms with Crippen molar-refractivity contribution in [2.45, 2.75) is 11.4 Å². The van der Waals surface area contributed by atoms with Gasteiger partial charge in [0, 0.05) is 12.2 Å². The summed E-state index contributed by atoms with van der Waals surface area (Å²) in [6.07, 6.45) is 0. The first kappa shape index (κ1) is 20.6. The van der Waals surface area contributed by atoms with Gasteiger partial charge in [-0.05, 0) is 42.0 Å². The van der Waals surface area contributed by atoms with Crippen molar-refractivity contribution in [3.8, 4) is 5.75 Å². The number of carbonyl (C=O) groups excluding carboxylic acids is 1. The van der Waals surface area contributed by atoms with E-state index < -0.39 is 15.9 Å². The Labute approximate surface area is 170 Å². The molecule has 0 fully saturated rings. The lowest BCUT2D eigenvalue weighted by Gasteiger charge is -2.22. The van der Waals surface area contributed by atoms with Crippen LogP contribution in [0.2, 0.25) is 0 Å². The molecule has 0 aliphatic rings. The van der Waals surface area contributed by atoms with Crippen LogP contribution in [-0.2, 0) is 21.4 Å².